The van der Waals surface area contributed by atoms with Crippen LogP contribution in [0.15, 0.2) is 12.3 Å². The third kappa shape index (κ3) is 1.02. The van der Waals surface area contributed by atoms with E-state index in [1.807, 2.05) is 6.07 Å². The zero-order valence-corrected chi connectivity index (χ0v) is 8.12. The molecule has 0 amide bonds. The van der Waals surface area contributed by atoms with Gasteiger partial charge in [0.1, 0.15) is 5.52 Å². The van der Waals surface area contributed by atoms with Gasteiger partial charge < -0.3 is 0 Å². The maximum atomic E-state index is 4.63. The van der Waals surface area contributed by atoms with Crippen LogP contribution in [0.1, 0.15) is 23.4 Å². The molecule has 0 bridgehead atoms. The largest absolute Gasteiger partial charge is 0.247 e. The number of aromatic nitrogens is 3. The molecule has 3 nitrogen and oxygen atoms in total. The molecule has 2 aromatic heterocycles. The summed E-state index contributed by atoms with van der Waals surface area (Å²) < 4.78 is 0. The van der Waals surface area contributed by atoms with Gasteiger partial charge in [0.25, 0.3) is 0 Å². The van der Waals surface area contributed by atoms with E-state index in [0.717, 1.165) is 35.3 Å². The fourth-order valence-electron chi connectivity index (χ4n) is 1.97. The summed E-state index contributed by atoms with van der Waals surface area (Å²) in [5.41, 5.74) is 5.25. The van der Waals surface area contributed by atoms with Gasteiger partial charge in [0.2, 0.25) is 0 Å². The third-order valence-corrected chi connectivity index (χ3v) is 2.75. The van der Waals surface area contributed by atoms with Crippen molar-refractivity contribution >= 4 is 11.2 Å². The molecular weight excluding hydrogens is 174 g/mol. The van der Waals surface area contributed by atoms with E-state index < -0.39 is 0 Å². The summed E-state index contributed by atoms with van der Waals surface area (Å²) in [6, 6.07) is 1.98. The lowest BCUT2D eigenvalue weighted by Gasteiger charge is -2.02. The number of nitrogens with zero attached hydrogens (tertiary/aromatic N) is 3. The average molecular weight is 185 g/mol. The van der Waals surface area contributed by atoms with Gasteiger partial charge in [-0.1, -0.05) is 0 Å². The van der Waals surface area contributed by atoms with Gasteiger partial charge in [-0.05, 0) is 37.8 Å². The first-order valence-electron chi connectivity index (χ1n) is 4.96. The van der Waals surface area contributed by atoms with Gasteiger partial charge in [-0.15, -0.1) is 0 Å². The molecule has 0 spiro atoms. The molecule has 0 saturated heterocycles. The van der Waals surface area contributed by atoms with Crippen molar-refractivity contribution in [3.05, 3.63) is 29.2 Å². The Labute approximate surface area is 82.2 Å². The van der Waals surface area contributed by atoms with Crippen molar-refractivity contribution in [1.82, 2.24) is 15.0 Å². The first-order chi connectivity index (χ1) is 6.84. The highest BCUT2D eigenvalue weighted by Crippen LogP contribution is 2.21. The van der Waals surface area contributed by atoms with Gasteiger partial charge >= 0.3 is 0 Å². The van der Waals surface area contributed by atoms with Crippen LogP contribution in [0.4, 0.5) is 0 Å². The van der Waals surface area contributed by atoms with E-state index in [2.05, 4.69) is 21.9 Å². The average Bonchev–Trinajstić information content (AvgIpc) is 2.62. The summed E-state index contributed by atoms with van der Waals surface area (Å²) >= 11 is 0. The highest BCUT2D eigenvalue weighted by molar-refractivity contribution is 5.73. The minimum absolute atomic E-state index is 0.797. The Bertz CT molecular complexity index is 505. The minimum Gasteiger partial charge on any atom is -0.247 e. The molecule has 2 aromatic rings. The van der Waals surface area contributed by atoms with Crippen LogP contribution in [0.5, 0.6) is 0 Å². The second kappa shape index (κ2) is 2.74. The number of pyridine rings is 1. The summed E-state index contributed by atoms with van der Waals surface area (Å²) in [6.07, 6.45) is 5.12. The molecule has 1 aliphatic rings. The SMILES string of the molecule is Cc1ccnc2nc3c(nc12)CCC3. The van der Waals surface area contributed by atoms with Crippen molar-refractivity contribution in [3.8, 4) is 0 Å². The van der Waals surface area contributed by atoms with Crippen molar-refractivity contribution in [1.29, 1.82) is 0 Å². The molecule has 2 heterocycles. The van der Waals surface area contributed by atoms with E-state index in [1.54, 1.807) is 6.20 Å². The molecule has 0 fully saturated rings. The van der Waals surface area contributed by atoms with Crippen molar-refractivity contribution in [2.24, 2.45) is 0 Å². The lowest BCUT2D eigenvalue weighted by Crippen LogP contribution is -1.97. The predicted molar refractivity (Wildman–Crippen MR) is 54.1 cm³/mol. The van der Waals surface area contributed by atoms with Crippen LogP contribution in [0.2, 0.25) is 0 Å². The highest BCUT2D eigenvalue weighted by Gasteiger charge is 2.15. The molecule has 3 rings (SSSR count). The van der Waals surface area contributed by atoms with Gasteiger partial charge in [-0.3, -0.25) is 0 Å². The maximum Gasteiger partial charge on any atom is 0.178 e. The van der Waals surface area contributed by atoms with Crippen LogP contribution in [-0.4, -0.2) is 15.0 Å². The van der Waals surface area contributed by atoms with E-state index in [4.69, 9.17) is 0 Å². The molecule has 0 saturated carbocycles. The molecular formula is C11H11N3. The van der Waals surface area contributed by atoms with Gasteiger partial charge in [0, 0.05) is 6.20 Å². The van der Waals surface area contributed by atoms with Crippen LogP contribution < -0.4 is 0 Å². The summed E-state index contributed by atoms with van der Waals surface area (Å²) in [5.74, 6) is 0. The molecule has 3 heteroatoms. The fraction of sp³-hybridized carbons (Fsp3) is 0.364. The Hall–Kier alpha value is -1.51. The Morgan fingerprint density at radius 3 is 2.79 bits per heavy atom. The van der Waals surface area contributed by atoms with Gasteiger partial charge in [-0.25, -0.2) is 15.0 Å². The summed E-state index contributed by atoms with van der Waals surface area (Å²) in [5, 5.41) is 0. The first kappa shape index (κ1) is 7.85. The van der Waals surface area contributed by atoms with E-state index in [9.17, 15) is 0 Å². The summed E-state index contributed by atoms with van der Waals surface area (Å²) in [6.45, 7) is 2.06. The van der Waals surface area contributed by atoms with E-state index in [-0.39, 0.29) is 0 Å². The van der Waals surface area contributed by atoms with E-state index in [1.165, 1.54) is 12.1 Å². The normalized spacial score (nSPS) is 14.6. The molecule has 14 heavy (non-hydrogen) atoms. The van der Waals surface area contributed by atoms with Gasteiger partial charge in [0.15, 0.2) is 5.65 Å². The molecule has 1 aliphatic carbocycles. The molecule has 0 aromatic carbocycles. The quantitative estimate of drug-likeness (QED) is 0.628. The number of fused-ring (bicyclic) bond motifs is 2. The van der Waals surface area contributed by atoms with Crippen molar-refractivity contribution in [3.63, 3.8) is 0 Å². The number of hydrogen-bond acceptors (Lipinski definition) is 3. The van der Waals surface area contributed by atoms with E-state index in [0.29, 0.717) is 0 Å². The second-order valence-electron chi connectivity index (χ2n) is 3.77. The van der Waals surface area contributed by atoms with Crippen molar-refractivity contribution < 1.29 is 0 Å². The second-order valence-corrected chi connectivity index (χ2v) is 3.77. The number of aryl methyl sites for hydroxylation is 3. The first-order valence-corrected chi connectivity index (χ1v) is 4.96. The molecule has 0 radical (unpaired) electrons. The molecule has 70 valence electrons. The van der Waals surface area contributed by atoms with Gasteiger partial charge in [-0.2, -0.15) is 0 Å². The Morgan fingerprint density at radius 1 is 1.14 bits per heavy atom. The third-order valence-electron chi connectivity index (χ3n) is 2.75. The lowest BCUT2D eigenvalue weighted by atomic mass is 10.2. The molecule has 0 unspecified atom stereocenters. The number of rotatable bonds is 0. The maximum absolute atomic E-state index is 4.63. The van der Waals surface area contributed by atoms with Gasteiger partial charge in [0.05, 0.1) is 11.4 Å². The number of hydrogen-bond donors (Lipinski definition) is 0. The molecule has 0 aliphatic heterocycles. The van der Waals surface area contributed by atoms with Crippen LogP contribution in [0.25, 0.3) is 11.2 Å². The summed E-state index contributed by atoms with van der Waals surface area (Å²) in [7, 11) is 0. The lowest BCUT2D eigenvalue weighted by molar-refractivity contribution is 0.894. The minimum atomic E-state index is 0.797. The predicted octanol–water partition coefficient (Wildman–Crippen LogP) is 1.82. The zero-order chi connectivity index (χ0) is 9.54. The Balaban J connectivity index is 2.39. The topological polar surface area (TPSA) is 38.7 Å². The molecule has 0 N–H and O–H groups in total. The standard InChI is InChI=1S/C11H11N3/c1-7-5-6-12-11-10(7)13-8-3-2-4-9(8)14-11/h5-6H,2-4H2,1H3. The fourth-order valence-corrected chi connectivity index (χ4v) is 1.97. The smallest absolute Gasteiger partial charge is 0.178 e. The zero-order valence-electron chi connectivity index (χ0n) is 8.12. The van der Waals surface area contributed by atoms with Crippen LogP contribution >= 0.6 is 0 Å². The van der Waals surface area contributed by atoms with Crippen LogP contribution in [-0.2, 0) is 12.8 Å². The Kier molecular flexibility index (Phi) is 1.54. The highest BCUT2D eigenvalue weighted by atomic mass is 14.9. The monoisotopic (exact) mass is 185 g/mol. The van der Waals surface area contributed by atoms with Crippen molar-refractivity contribution in [2.75, 3.05) is 0 Å². The summed E-state index contributed by atoms with van der Waals surface area (Å²) in [4.78, 5) is 13.4. The molecule has 0 atom stereocenters. The van der Waals surface area contributed by atoms with Crippen LogP contribution in [0.3, 0.4) is 0 Å². The van der Waals surface area contributed by atoms with Crippen LogP contribution in [0, 0.1) is 6.92 Å². The van der Waals surface area contributed by atoms with Crippen molar-refractivity contribution in [2.45, 2.75) is 26.2 Å². The Morgan fingerprint density at radius 2 is 1.93 bits per heavy atom. The van der Waals surface area contributed by atoms with E-state index >= 15 is 0 Å².